The van der Waals surface area contributed by atoms with Crippen LogP contribution in [-0.2, 0) is 13.0 Å². The molecule has 2 heterocycles. The molecule has 0 aliphatic carbocycles. The van der Waals surface area contributed by atoms with Gasteiger partial charge in [-0.15, -0.1) is 0 Å². The van der Waals surface area contributed by atoms with Crippen molar-refractivity contribution in [1.82, 2.24) is 10.1 Å². The Labute approximate surface area is 90.4 Å². The Balaban J connectivity index is 2.06. The molecule has 1 aliphatic heterocycles. The minimum Gasteiger partial charge on any atom is -0.361 e. The predicted octanol–water partition coefficient (Wildman–Crippen LogP) is 1.08. The molecule has 1 saturated heterocycles. The van der Waals surface area contributed by atoms with Crippen molar-refractivity contribution in [1.29, 1.82) is 0 Å². The quantitative estimate of drug-likeness (QED) is 0.809. The smallest absolute Gasteiger partial charge is 0.138 e. The summed E-state index contributed by atoms with van der Waals surface area (Å²) < 4.78 is 5.22. The summed E-state index contributed by atoms with van der Waals surface area (Å²) in [6, 6.07) is 0.343. The lowest BCUT2D eigenvalue weighted by Gasteiger charge is -2.14. The van der Waals surface area contributed by atoms with Crippen LogP contribution in [0.1, 0.15) is 30.4 Å². The van der Waals surface area contributed by atoms with Crippen LogP contribution in [0.5, 0.6) is 0 Å². The summed E-state index contributed by atoms with van der Waals surface area (Å²) in [6.07, 6.45) is 2.04. The van der Waals surface area contributed by atoms with Crippen LogP contribution in [0.3, 0.4) is 0 Å². The van der Waals surface area contributed by atoms with E-state index in [0.717, 1.165) is 43.9 Å². The summed E-state index contributed by atoms with van der Waals surface area (Å²) in [5, 5.41) is 4.06. The first kappa shape index (κ1) is 10.6. The molecule has 1 aliphatic rings. The Morgan fingerprint density at radius 1 is 1.60 bits per heavy atom. The highest BCUT2D eigenvalue weighted by atomic mass is 16.5. The maximum atomic E-state index is 5.88. The second-order valence-corrected chi connectivity index (χ2v) is 4.30. The Bertz CT molecular complexity index is 335. The van der Waals surface area contributed by atoms with Gasteiger partial charge in [0, 0.05) is 31.2 Å². The first-order valence-corrected chi connectivity index (χ1v) is 5.62. The SMILES string of the molecule is CCc1noc(C)c1CN1CC[C@H](N)C1. The van der Waals surface area contributed by atoms with Crippen molar-refractivity contribution in [2.75, 3.05) is 13.1 Å². The zero-order valence-electron chi connectivity index (χ0n) is 9.49. The summed E-state index contributed by atoms with van der Waals surface area (Å²) in [4.78, 5) is 2.38. The molecule has 1 fully saturated rings. The molecular formula is C11H19N3O. The van der Waals surface area contributed by atoms with E-state index in [2.05, 4.69) is 17.0 Å². The summed E-state index contributed by atoms with van der Waals surface area (Å²) in [5.74, 6) is 0.951. The van der Waals surface area contributed by atoms with Crippen LogP contribution in [0.25, 0.3) is 0 Å². The molecule has 2 rings (SSSR count). The molecule has 1 atom stereocenters. The highest BCUT2D eigenvalue weighted by molar-refractivity contribution is 5.22. The number of likely N-dealkylation sites (tertiary alicyclic amines) is 1. The van der Waals surface area contributed by atoms with Crippen molar-refractivity contribution in [3.05, 3.63) is 17.0 Å². The van der Waals surface area contributed by atoms with Gasteiger partial charge < -0.3 is 10.3 Å². The topological polar surface area (TPSA) is 55.3 Å². The summed E-state index contributed by atoms with van der Waals surface area (Å²) in [6.45, 7) is 7.11. The second kappa shape index (κ2) is 4.33. The van der Waals surface area contributed by atoms with Crippen LogP contribution in [0.15, 0.2) is 4.52 Å². The Morgan fingerprint density at radius 2 is 2.40 bits per heavy atom. The van der Waals surface area contributed by atoms with Crippen molar-refractivity contribution in [2.45, 2.75) is 39.3 Å². The van der Waals surface area contributed by atoms with Crippen LogP contribution >= 0.6 is 0 Å². The molecule has 15 heavy (non-hydrogen) atoms. The molecule has 0 saturated carbocycles. The van der Waals surface area contributed by atoms with Gasteiger partial charge in [-0.3, -0.25) is 4.90 Å². The molecule has 2 N–H and O–H groups in total. The van der Waals surface area contributed by atoms with E-state index in [-0.39, 0.29) is 0 Å². The summed E-state index contributed by atoms with van der Waals surface area (Å²) >= 11 is 0. The monoisotopic (exact) mass is 209 g/mol. The summed E-state index contributed by atoms with van der Waals surface area (Å²) in [7, 11) is 0. The molecule has 84 valence electrons. The van der Waals surface area contributed by atoms with Crippen LogP contribution in [0, 0.1) is 6.92 Å². The molecule has 4 nitrogen and oxygen atoms in total. The zero-order valence-corrected chi connectivity index (χ0v) is 9.49. The fraction of sp³-hybridized carbons (Fsp3) is 0.727. The molecule has 0 radical (unpaired) electrons. The van der Waals surface area contributed by atoms with Crippen molar-refractivity contribution < 1.29 is 4.52 Å². The van der Waals surface area contributed by atoms with Gasteiger partial charge in [0.1, 0.15) is 5.76 Å². The molecule has 1 aromatic heterocycles. The number of nitrogens with zero attached hydrogens (tertiary/aromatic N) is 2. The molecule has 0 amide bonds. The van der Waals surface area contributed by atoms with Gasteiger partial charge in [0.2, 0.25) is 0 Å². The average molecular weight is 209 g/mol. The van der Waals surface area contributed by atoms with Crippen molar-refractivity contribution >= 4 is 0 Å². The predicted molar refractivity (Wildman–Crippen MR) is 58.5 cm³/mol. The number of nitrogens with two attached hydrogens (primary N) is 1. The van der Waals surface area contributed by atoms with E-state index in [0.29, 0.717) is 6.04 Å². The molecule has 0 bridgehead atoms. The normalized spacial score (nSPS) is 22.5. The summed E-state index contributed by atoms with van der Waals surface area (Å²) in [5.41, 5.74) is 8.23. The third kappa shape index (κ3) is 2.21. The maximum absolute atomic E-state index is 5.88. The molecule has 4 heteroatoms. The lowest BCUT2D eigenvalue weighted by molar-refractivity contribution is 0.322. The van der Waals surface area contributed by atoms with E-state index in [4.69, 9.17) is 10.3 Å². The average Bonchev–Trinajstić information content (AvgIpc) is 2.76. The Hall–Kier alpha value is -0.870. The van der Waals surface area contributed by atoms with E-state index in [9.17, 15) is 0 Å². The van der Waals surface area contributed by atoms with E-state index in [1.807, 2.05) is 6.92 Å². The fourth-order valence-corrected chi connectivity index (χ4v) is 2.15. The van der Waals surface area contributed by atoms with Crippen LogP contribution in [-0.4, -0.2) is 29.2 Å². The van der Waals surface area contributed by atoms with Gasteiger partial charge in [0.25, 0.3) is 0 Å². The van der Waals surface area contributed by atoms with Gasteiger partial charge in [-0.05, 0) is 19.8 Å². The first-order valence-electron chi connectivity index (χ1n) is 5.62. The zero-order chi connectivity index (χ0) is 10.8. The molecule has 0 spiro atoms. The number of hydrogen-bond acceptors (Lipinski definition) is 4. The van der Waals surface area contributed by atoms with E-state index >= 15 is 0 Å². The molecular weight excluding hydrogens is 190 g/mol. The van der Waals surface area contributed by atoms with Crippen molar-refractivity contribution in [3.8, 4) is 0 Å². The number of rotatable bonds is 3. The number of aryl methyl sites for hydroxylation is 2. The minimum atomic E-state index is 0.343. The number of hydrogen-bond donors (Lipinski definition) is 1. The van der Waals surface area contributed by atoms with Crippen molar-refractivity contribution in [2.24, 2.45) is 5.73 Å². The van der Waals surface area contributed by atoms with E-state index in [1.54, 1.807) is 0 Å². The van der Waals surface area contributed by atoms with Gasteiger partial charge in [0.05, 0.1) is 5.69 Å². The first-order chi connectivity index (χ1) is 7.20. The van der Waals surface area contributed by atoms with Gasteiger partial charge >= 0.3 is 0 Å². The molecule has 1 aromatic rings. The van der Waals surface area contributed by atoms with Gasteiger partial charge in [-0.25, -0.2) is 0 Å². The lowest BCUT2D eigenvalue weighted by Crippen LogP contribution is -2.26. The van der Waals surface area contributed by atoms with E-state index < -0.39 is 0 Å². The maximum Gasteiger partial charge on any atom is 0.138 e. The highest BCUT2D eigenvalue weighted by Crippen LogP contribution is 2.19. The third-order valence-electron chi connectivity index (χ3n) is 3.09. The third-order valence-corrected chi connectivity index (χ3v) is 3.09. The van der Waals surface area contributed by atoms with Crippen LogP contribution < -0.4 is 5.73 Å². The Kier molecular flexibility index (Phi) is 3.07. The highest BCUT2D eigenvalue weighted by Gasteiger charge is 2.22. The molecule has 0 unspecified atom stereocenters. The standard InChI is InChI=1S/C11H19N3O/c1-3-11-10(8(2)15-13-11)7-14-5-4-9(12)6-14/h9H,3-7,12H2,1-2H3/t9-/m0/s1. The van der Waals surface area contributed by atoms with Gasteiger partial charge in [-0.1, -0.05) is 12.1 Å². The van der Waals surface area contributed by atoms with Gasteiger partial charge in [-0.2, -0.15) is 0 Å². The molecule has 0 aromatic carbocycles. The van der Waals surface area contributed by atoms with Crippen LogP contribution in [0.2, 0.25) is 0 Å². The van der Waals surface area contributed by atoms with Crippen LogP contribution in [0.4, 0.5) is 0 Å². The minimum absolute atomic E-state index is 0.343. The van der Waals surface area contributed by atoms with Crippen molar-refractivity contribution in [3.63, 3.8) is 0 Å². The fourth-order valence-electron chi connectivity index (χ4n) is 2.15. The largest absolute Gasteiger partial charge is 0.361 e. The second-order valence-electron chi connectivity index (χ2n) is 4.30. The van der Waals surface area contributed by atoms with Gasteiger partial charge in [0.15, 0.2) is 0 Å². The van der Waals surface area contributed by atoms with E-state index in [1.165, 1.54) is 5.56 Å². The lowest BCUT2D eigenvalue weighted by atomic mass is 10.1. The Morgan fingerprint density at radius 3 is 3.00 bits per heavy atom. The number of aromatic nitrogens is 1.